The number of ether oxygens (including phenoxy) is 1. The molecule has 1 aromatic carbocycles. The first-order valence-corrected chi connectivity index (χ1v) is 8.21. The lowest BCUT2D eigenvalue weighted by Crippen LogP contribution is -2.10. The van der Waals surface area contributed by atoms with Gasteiger partial charge in [-0.2, -0.15) is 0 Å². The molecular formula is C17H20FNOS. The van der Waals surface area contributed by atoms with Gasteiger partial charge in [0.2, 0.25) is 0 Å². The van der Waals surface area contributed by atoms with Crippen LogP contribution in [0, 0.1) is 5.82 Å². The number of thiophene rings is 1. The Morgan fingerprint density at radius 2 is 2.00 bits per heavy atom. The second kappa shape index (κ2) is 6.16. The van der Waals surface area contributed by atoms with Gasteiger partial charge in [0.25, 0.3) is 0 Å². The molecule has 21 heavy (non-hydrogen) atoms. The Bertz CT molecular complexity index is 614. The minimum absolute atomic E-state index is 0.257. The number of fused-ring (bicyclic) bond motifs is 1. The zero-order chi connectivity index (χ0) is 14.8. The second-order valence-electron chi connectivity index (χ2n) is 5.53. The van der Waals surface area contributed by atoms with Crippen molar-refractivity contribution < 1.29 is 9.13 Å². The van der Waals surface area contributed by atoms with Gasteiger partial charge in [0, 0.05) is 9.75 Å². The molecule has 1 aliphatic carbocycles. The van der Waals surface area contributed by atoms with E-state index >= 15 is 0 Å². The maximum atomic E-state index is 13.8. The van der Waals surface area contributed by atoms with Crippen molar-refractivity contribution in [3.8, 4) is 5.75 Å². The van der Waals surface area contributed by atoms with Crippen molar-refractivity contribution in [3.63, 3.8) is 0 Å². The van der Waals surface area contributed by atoms with E-state index in [0.717, 1.165) is 23.3 Å². The van der Waals surface area contributed by atoms with Crippen molar-refractivity contribution in [1.29, 1.82) is 0 Å². The molecule has 3 rings (SSSR count). The van der Waals surface area contributed by atoms with Gasteiger partial charge in [-0.05, 0) is 55.0 Å². The third-order valence-corrected chi connectivity index (χ3v) is 5.43. The number of hydrogen-bond acceptors (Lipinski definition) is 3. The Kier molecular flexibility index (Phi) is 4.27. The van der Waals surface area contributed by atoms with Gasteiger partial charge >= 0.3 is 0 Å². The van der Waals surface area contributed by atoms with Crippen molar-refractivity contribution in [1.82, 2.24) is 0 Å². The van der Waals surface area contributed by atoms with E-state index in [1.165, 1.54) is 42.9 Å². The Hall–Kier alpha value is -1.39. The lowest BCUT2D eigenvalue weighted by atomic mass is 10.0. The standard InChI is InChI=1S/C17H20FNOS/c1-20-14-8-7-12(9-13(14)18)17(19)16-10-11-5-3-2-4-6-15(11)21-16/h7-10,17H,2-6,19H2,1H3. The molecule has 0 saturated carbocycles. The summed E-state index contributed by atoms with van der Waals surface area (Å²) in [5.74, 6) is -0.100. The van der Waals surface area contributed by atoms with E-state index < -0.39 is 0 Å². The molecule has 112 valence electrons. The van der Waals surface area contributed by atoms with E-state index in [1.807, 2.05) is 6.07 Å². The van der Waals surface area contributed by atoms with Crippen LogP contribution in [-0.2, 0) is 12.8 Å². The van der Waals surface area contributed by atoms with Crippen LogP contribution in [0.25, 0.3) is 0 Å². The zero-order valence-electron chi connectivity index (χ0n) is 12.2. The summed E-state index contributed by atoms with van der Waals surface area (Å²) >= 11 is 1.79. The number of methoxy groups -OCH3 is 1. The molecule has 1 unspecified atom stereocenters. The van der Waals surface area contributed by atoms with E-state index in [-0.39, 0.29) is 17.6 Å². The third kappa shape index (κ3) is 2.97. The van der Waals surface area contributed by atoms with Gasteiger partial charge in [0.05, 0.1) is 13.2 Å². The van der Waals surface area contributed by atoms with Crippen LogP contribution in [-0.4, -0.2) is 7.11 Å². The SMILES string of the molecule is COc1ccc(C(N)c2cc3c(s2)CCCCC3)cc1F. The molecule has 1 aliphatic rings. The van der Waals surface area contributed by atoms with Crippen LogP contribution < -0.4 is 10.5 Å². The van der Waals surface area contributed by atoms with Gasteiger partial charge in [-0.3, -0.25) is 0 Å². The molecule has 2 N–H and O–H groups in total. The van der Waals surface area contributed by atoms with Crippen LogP contribution in [0.4, 0.5) is 4.39 Å². The Morgan fingerprint density at radius 3 is 2.76 bits per heavy atom. The molecule has 0 bridgehead atoms. The Balaban J connectivity index is 1.88. The van der Waals surface area contributed by atoms with Crippen LogP contribution in [0.2, 0.25) is 0 Å². The highest BCUT2D eigenvalue weighted by Crippen LogP contribution is 2.34. The van der Waals surface area contributed by atoms with Crippen LogP contribution in [0.1, 0.15) is 46.2 Å². The van der Waals surface area contributed by atoms with E-state index in [0.29, 0.717) is 0 Å². The lowest BCUT2D eigenvalue weighted by molar-refractivity contribution is 0.386. The molecule has 0 amide bonds. The summed E-state index contributed by atoms with van der Waals surface area (Å²) in [5, 5.41) is 0. The highest BCUT2D eigenvalue weighted by Gasteiger charge is 2.18. The summed E-state index contributed by atoms with van der Waals surface area (Å²) in [4.78, 5) is 2.60. The van der Waals surface area contributed by atoms with Gasteiger partial charge in [-0.1, -0.05) is 12.5 Å². The summed E-state index contributed by atoms with van der Waals surface area (Å²) in [6.07, 6.45) is 6.14. The molecule has 0 aliphatic heterocycles. The molecule has 1 atom stereocenters. The van der Waals surface area contributed by atoms with Crippen LogP contribution >= 0.6 is 11.3 Å². The predicted octanol–water partition coefficient (Wildman–Crippen LogP) is 4.21. The van der Waals surface area contributed by atoms with Crippen molar-refractivity contribution in [3.05, 3.63) is 51.0 Å². The van der Waals surface area contributed by atoms with Crippen molar-refractivity contribution in [2.24, 2.45) is 5.73 Å². The number of rotatable bonds is 3. The molecule has 2 nitrogen and oxygen atoms in total. The van der Waals surface area contributed by atoms with Gasteiger partial charge in [-0.25, -0.2) is 4.39 Å². The fourth-order valence-electron chi connectivity index (χ4n) is 2.88. The summed E-state index contributed by atoms with van der Waals surface area (Å²) < 4.78 is 18.8. The van der Waals surface area contributed by atoms with E-state index in [2.05, 4.69) is 6.07 Å². The van der Waals surface area contributed by atoms with Crippen LogP contribution in [0.5, 0.6) is 5.75 Å². The first-order valence-electron chi connectivity index (χ1n) is 7.39. The second-order valence-corrected chi connectivity index (χ2v) is 6.70. The largest absolute Gasteiger partial charge is 0.494 e. The number of halogens is 1. The zero-order valence-corrected chi connectivity index (χ0v) is 13.0. The predicted molar refractivity (Wildman–Crippen MR) is 84.6 cm³/mol. The van der Waals surface area contributed by atoms with Gasteiger partial charge in [0.1, 0.15) is 0 Å². The number of aryl methyl sites for hydroxylation is 2. The normalized spacial score (nSPS) is 16.1. The quantitative estimate of drug-likeness (QED) is 0.862. The molecular weight excluding hydrogens is 285 g/mol. The van der Waals surface area contributed by atoms with Crippen molar-refractivity contribution >= 4 is 11.3 Å². The third-order valence-electron chi connectivity index (χ3n) is 4.11. The summed E-state index contributed by atoms with van der Waals surface area (Å²) in [5.41, 5.74) is 8.57. The Labute approximate surface area is 128 Å². The molecule has 1 heterocycles. The molecule has 4 heteroatoms. The van der Waals surface area contributed by atoms with E-state index in [9.17, 15) is 4.39 Å². The van der Waals surface area contributed by atoms with E-state index in [1.54, 1.807) is 17.4 Å². The summed E-state index contributed by atoms with van der Waals surface area (Å²) in [6, 6.07) is 6.93. The maximum Gasteiger partial charge on any atom is 0.165 e. The van der Waals surface area contributed by atoms with Gasteiger partial charge in [-0.15, -0.1) is 11.3 Å². The molecule has 0 saturated heterocycles. The molecule has 2 aromatic rings. The Morgan fingerprint density at radius 1 is 1.19 bits per heavy atom. The number of benzene rings is 1. The summed E-state index contributed by atoms with van der Waals surface area (Å²) in [6.45, 7) is 0. The molecule has 0 fully saturated rings. The smallest absolute Gasteiger partial charge is 0.165 e. The molecule has 0 radical (unpaired) electrons. The number of nitrogens with two attached hydrogens (primary N) is 1. The summed E-state index contributed by atoms with van der Waals surface area (Å²) in [7, 11) is 1.47. The fourth-order valence-corrected chi connectivity index (χ4v) is 4.17. The van der Waals surface area contributed by atoms with Crippen molar-refractivity contribution in [2.75, 3.05) is 7.11 Å². The average Bonchev–Trinajstić information content (AvgIpc) is 2.77. The monoisotopic (exact) mass is 305 g/mol. The fraction of sp³-hybridized carbons (Fsp3) is 0.412. The minimum atomic E-state index is -0.358. The topological polar surface area (TPSA) is 35.2 Å². The lowest BCUT2D eigenvalue weighted by Gasteiger charge is -2.11. The first-order chi connectivity index (χ1) is 10.2. The first kappa shape index (κ1) is 14.5. The van der Waals surface area contributed by atoms with E-state index in [4.69, 9.17) is 10.5 Å². The molecule has 0 spiro atoms. The molecule has 1 aromatic heterocycles. The van der Waals surface area contributed by atoms with Crippen LogP contribution in [0.3, 0.4) is 0 Å². The van der Waals surface area contributed by atoms with Crippen molar-refractivity contribution in [2.45, 2.75) is 38.1 Å². The van der Waals surface area contributed by atoms with Gasteiger partial charge < -0.3 is 10.5 Å². The highest BCUT2D eigenvalue weighted by molar-refractivity contribution is 7.12. The minimum Gasteiger partial charge on any atom is -0.494 e. The van der Waals surface area contributed by atoms with Gasteiger partial charge in [0.15, 0.2) is 11.6 Å². The highest BCUT2D eigenvalue weighted by atomic mass is 32.1. The maximum absolute atomic E-state index is 13.8. The average molecular weight is 305 g/mol. The number of hydrogen-bond donors (Lipinski definition) is 1. The van der Waals surface area contributed by atoms with Crippen LogP contribution in [0.15, 0.2) is 24.3 Å².